The van der Waals surface area contributed by atoms with E-state index in [2.05, 4.69) is 30.2 Å². The predicted octanol–water partition coefficient (Wildman–Crippen LogP) is -0.974. The van der Waals surface area contributed by atoms with Crippen LogP contribution in [-0.4, -0.2) is 81.0 Å². The summed E-state index contributed by atoms with van der Waals surface area (Å²) in [5.41, 5.74) is 0. The van der Waals surface area contributed by atoms with Crippen LogP contribution in [0.25, 0.3) is 0 Å². The molecule has 4 N–H and O–H groups in total. The van der Waals surface area contributed by atoms with Crippen LogP contribution in [0, 0.1) is 0 Å². The van der Waals surface area contributed by atoms with E-state index in [0.29, 0.717) is 19.7 Å². The maximum Gasteiger partial charge on any atom is 0.246 e. The van der Waals surface area contributed by atoms with Crippen LogP contribution in [-0.2, 0) is 27.4 Å². The highest BCUT2D eigenvalue weighted by atomic mass is 16.5. The number of carbonyl (C=O) groups is 1. The highest BCUT2D eigenvalue weighted by Gasteiger charge is 2.39. The Balaban J connectivity index is 1.63. The second kappa shape index (κ2) is 8.90. The highest BCUT2D eigenvalue weighted by molar-refractivity contribution is 5.77. The van der Waals surface area contributed by atoms with Gasteiger partial charge >= 0.3 is 0 Å². The first-order valence-corrected chi connectivity index (χ1v) is 8.43. The van der Waals surface area contributed by atoms with Crippen LogP contribution >= 0.6 is 0 Å². The quantitative estimate of drug-likeness (QED) is 0.450. The number of ether oxygens (including phenoxy) is 2. The van der Waals surface area contributed by atoms with Crippen molar-refractivity contribution in [3.05, 3.63) is 36.4 Å². The third-order valence-corrected chi connectivity index (χ3v) is 4.32. The van der Waals surface area contributed by atoms with Crippen molar-refractivity contribution < 1.29 is 19.4 Å². The first kappa shape index (κ1) is 18.5. The van der Waals surface area contributed by atoms with E-state index in [0.717, 1.165) is 11.6 Å². The Morgan fingerprint density at radius 3 is 2.54 bits per heavy atom. The molecule has 0 saturated carbocycles. The molecule has 3 atom stereocenters. The Hall–Kier alpha value is -2.27. The molecule has 10 nitrogen and oxygen atoms in total. The minimum Gasteiger partial charge on any atom is -0.389 e. The molecule has 1 fully saturated rings. The molecule has 142 valence electrons. The summed E-state index contributed by atoms with van der Waals surface area (Å²) in [5, 5.41) is 13.4. The molecule has 2 aromatic heterocycles. The second-order valence-corrected chi connectivity index (χ2v) is 6.14. The van der Waals surface area contributed by atoms with E-state index in [1.54, 1.807) is 24.8 Å². The SMILES string of the molecule is COCC(=O)NC[C@H]1OC[C@@H](N(Cc2ncc[nH]2)Cc2ncc[nH]2)[C@@H]1O. The lowest BCUT2D eigenvalue weighted by Gasteiger charge is -2.29. The van der Waals surface area contributed by atoms with Crippen molar-refractivity contribution >= 4 is 5.91 Å². The molecule has 3 heterocycles. The molecule has 1 saturated heterocycles. The molecule has 1 aliphatic rings. The zero-order chi connectivity index (χ0) is 18.4. The summed E-state index contributed by atoms with van der Waals surface area (Å²) in [5.74, 6) is 1.34. The lowest BCUT2D eigenvalue weighted by Crippen LogP contribution is -2.47. The topological polar surface area (TPSA) is 128 Å². The Labute approximate surface area is 150 Å². The van der Waals surface area contributed by atoms with Crippen molar-refractivity contribution in [1.82, 2.24) is 30.2 Å². The van der Waals surface area contributed by atoms with E-state index in [1.807, 2.05) is 0 Å². The molecule has 0 aromatic carbocycles. The first-order chi connectivity index (χ1) is 12.7. The third kappa shape index (κ3) is 4.67. The number of aliphatic hydroxyl groups excluding tert-OH is 1. The Bertz CT molecular complexity index is 626. The largest absolute Gasteiger partial charge is 0.389 e. The van der Waals surface area contributed by atoms with Crippen LogP contribution in [0.3, 0.4) is 0 Å². The Morgan fingerprint density at radius 2 is 2.00 bits per heavy atom. The number of methoxy groups -OCH3 is 1. The van der Waals surface area contributed by atoms with Gasteiger partial charge in [-0.25, -0.2) is 9.97 Å². The third-order valence-electron chi connectivity index (χ3n) is 4.32. The molecule has 0 unspecified atom stereocenters. The van der Waals surface area contributed by atoms with Crippen molar-refractivity contribution in [2.45, 2.75) is 31.3 Å². The lowest BCUT2D eigenvalue weighted by molar-refractivity contribution is -0.125. The molecule has 1 aliphatic heterocycles. The number of hydrogen-bond donors (Lipinski definition) is 4. The van der Waals surface area contributed by atoms with Gasteiger partial charge < -0.3 is 29.9 Å². The van der Waals surface area contributed by atoms with Crippen molar-refractivity contribution in [1.29, 1.82) is 0 Å². The number of aromatic amines is 2. The number of imidazole rings is 2. The summed E-state index contributed by atoms with van der Waals surface area (Å²) in [6.07, 6.45) is 5.68. The van der Waals surface area contributed by atoms with E-state index in [4.69, 9.17) is 9.47 Å². The molecule has 2 aromatic rings. The fourth-order valence-corrected chi connectivity index (χ4v) is 3.01. The minimum atomic E-state index is -0.747. The fraction of sp³-hybridized carbons (Fsp3) is 0.562. The number of nitrogens with one attached hydrogen (secondary N) is 3. The zero-order valence-electron chi connectivity index (χ0n) is 14.6. The molecular weight excluding hydrogens is 340 g/mol. The summed E-state index contributed by atoms with van der Waals surface area (Å²) in [6.45, 7) is 1.60. The average Bonchev–Trinajstić information content (AvgIpc) is 3.36. The van der Waals surface area contributed by atoms with Gasteiger partial charge in [0.1, 0.15) is 24.4 Å². The van der Waals surface area contributed by atoms with Gasteiger partial charge in [0.25, 0.3) is 0 Å². The Morgan fingerprint density at radius 1 is 1.35 bits per heavy atom. The summed E-state index contributed by atoms with van der Waals surface area (Å²) >= 11 is 0. The molecule has 3 rings (SSSR count). The average molecular weight is 364 g/mol. The van der Waals surface area contributed by atoms with E-state index >= 15 is 0 Å². The van der Waals surface area contributed by atoms with Gasteiger partial charge in [0.05, 0.1) is 31.8 Å². The molecule has 0 bridgehead atoms. The van der Waals surface area contributed by atoms with E-state index in [9.17, 15) is 9.90 Å². The van der Waals surface area contributed by atoms with Gasteiger partial charge in [-0.1, -0.05) is 0 Å². The van der Waals surface area contributed by atoms with Crippen LogP contribution in [0.1, 0.15) is 11.6 Å². The van der Waals surface area contributed by atoms with Crippen molar-refractivity contribution in [2.24, 2.45) is 0 Å². The number of hydrogen-bond acceptors (Lipinski definition) is 7. The maximum atomic E-state index is 11.5. The van der Waals surface area contributed by atoms with Crippen molar-refractivity contribution in [2.75, 3.05) is 26.9 Å². The standard InChI is InChI=1S/C16H24N6O4/c1-25-10-15(23)21-6-12-16(24)11(9-26-12)22(7-13-17-2-3-18-13)8-14-19-4-5-20-14/h2-5,11-12,16,24H,6-10H2,1H3,(H,17,18)(H,19,20)(H,21,23)/t11-,12-,16+/m1/s1. The van der Waals surface area contributed by atoms with Gasteiger partial charge in [-0.3, -0.25) is 9.69 Å². The number of H-pyrrole nitrogens is 2. The maximum absolute atomic E-state index is 11.5. The first-order valence-electron chi connectivity index (χ1n) is 8.43. The summed E-state index contributed by atoms with van der Waals surface area (Å²) in [6, 6.07) is -0.241. The van der Waals surface area contributed by atoms with Crippen LogP contribution in [0.4, 0.5) is 0 Å². The Kier molecular flexibility index (Phi) is 6.34. The zero-order valence-corrected chi connectivity index (χ0v) is 14.6. The van der Waals surface area contributed by atoms with E-state index in [-0.39, 0.29) is 25.1 Å². The summed E-state index contributed by atoms with van der Waals surface area (Å²) in [4.78, 5) is 28.3. The van der Waals surface area contributed by atoms with Crippen molar-refractivity contribution in [3.63, 3.8) is 0 Å². The van der Waals surface area contributed by atoms with Crippen LogP contribution < -0.4 is 5.32 Å². The summed E-state index contributed by atoms with van der Waals surface area (Å²) < 4.78 is 10.5. The molecule has 1 amide bonds. The number of aliphatic hydroxyl groups is 1. The predicted molar refractivity (Wildman–Crippen MR) is 90.8 cm³/mol. The van der Waals surface area contributed by atoms with Crippen molar-refractivity contribution in [3.8, 4) is 0 Å². The number of amides is 1. The highest BCUT2D eigenvalue weighted by Crippen LogP contribution is 2.22. The molecule has 10 heteroatoms. The van der Waals surface area contributed by atoms with Gasteiger partial charge in [0.2, 0.25) is 5.91 Å². The molecule has 0 aliphatic carbocycles. The molecule has 0 spiro atoms. The van der Waals surface area contributed by atoms with E-state index in [1.165, 1.54) is 7.11 Å². The van der Waals surface area contributed by atoms with Crippen LogP contribution in [0.15, 0.2) is 24.8 Å². The monoisotopic (exact) mass is 364 g/mol. The molecular formula is C16H24N6O4. The van der Waals surface area contributed by atoms with Gasteiger partial charge in [0.15, 0.2) is 0 Å². The molecule has 26 heavy (non-hydrogen) atoms. The van der Waals surface area contributed by atoms with Gasteiger partial charge in [0, 0.05) is 38.4 Å². The molecule has 0 radical (unpaired) electrons. The van der Waals surface area contributed by atoms with Crippen LogP contribution in [0.5, 0.6) is 0 Å². The van der Waals surface area contributed by atoms with Gasteiger partial charge in [-0.05, 0) is 0 Å². The second-order valence-electron chi connectivity index (χ2n) is 6.14. The number of aromatic nitrogens is 4. The lowest BCUT2D eigenvalue weighted by atomic mass is 10.1. The van der Waals surface area contributed by atoms with Gasteiger partial charge in [-0.15, -0.1) is 0 Å². The number of nitrogens with zero attached hydrogens (tertiary/aromatic N) is 3. The fourth-order valence-electron chi connectivity index (χ4n) is 3.01. The van der Waals surface area contributed by atoms with Crippen LogP contribution in [0.2, 0.25) is 0 Å². The van der Waals surface area contributed by atoms with E-state index < -0.39 is 12.2 Å². The van der Waals surface area contributed by atoms with Gasteiger partial charge in [-0.2, -0.15) is 0 Å². The number of rotatable bonds is 9. The number of carbonyl (C=O) groups excluding carboxylic acids is 1. The summed E-state index contributed by atoms with van der Waals surface area (Å²) in [7, 11) is 1.46. The normalized spacial score (nSPS) is 22.8. The minimum absolute atomic E-state index is 0.0185. The smallest absolute Gasteiger partial charge is 0.246 e.